The summed E-state index contributed by atoms with van der Waals surface area (Å²) in [5.41, 5.74) is 5.24. The maximum Gasteiger partial charge on any atom is 0.163 e. The molecule has 4 rings (SSSR count). The Morgan fingerprint density at radius 3 is 2.76 bits per heavy atom. The third-order valence-corrected chi connectivity index (χ3v) is 4.20. The summed E-state index contributed by atoms with van der Waals surface area (Å²) in [7, 11) is 0. The zero-order valence-corrected chi connectivity index (χ0v) is 11.7. The molecule has 0 fully saturated rings. The molecule has 0 aliphatic heterocycles. The van der Waals surface area contributed by atoms with Gasteiger partial charge in [-0.25, -0.2) is 0 Å². The third-order valence-electron chi connectivity index (χ3n) is 4.20. The van der Waals surface area contributed by atoms with Crippen molar-refractivity contribution in [2.24, 2.45) is 0 Å². The number of para-hydroxylation sites is 1. The predicted molar refractivity (Wildman–Crippen MR) is 84.4 cm³/mol. The second-order valence-corrected chi connectivity index (χ2v) is 5.53. The molecule has 2 heteroatoms. The van der Waals surface area contributed by atoms with E-state index in [0.29, 0.717) is 6.42 Å². The molecular formula is C19H15NO. The van der Waals surface area contributed by atoms with Crippen molar-refractivity contribution in [3.05, 3.63) is 65.9 Å². The van der Waals surface area contributed by atoms with Gasteiger partial charge in [-0.1, -0.05) is 36.4 Å². The van der Waals surface area contributed by atoms with Crippen molar-refractivity contribution >= 4 is 16.7 Å². The van der Waals surface area contributed by atoms with Crippen molar-refractivity contribution in [2.75, 3.05) is 0 Å². The van der Waals surface area contributed by atoms with Crippen molar-refractivity contribution in [3.63, 3.8) is 0 Å². The summed E-state index contributed by atoms with van der Waals surface area (Å²) in [4.78, 5) is 16.6. The van der Waals surface area contributed by atoms with E-state index in [1.54, 1.807) is 0 Å². The van der Waals surface area contributed by atoms with Crippen LogP contribution in [-0.4, -0.2) is 10.8 Å². The lowest BCUT2D eigenvalue weighted by Gasteiger charge is -2.16. The molecule has 0 radical (unpaired) electrons. The quantitative estimate of drug-likeness (QED) is 0.657. The highest BCUT2D eigenvalue weighted by Gasteiger charge is 2.18. The topological polar surface area (TPSA) is 30.0 Å². The predicted octanol–water partition coefficient (Wildman–Crippen LogP) is 4.42. The van der Waals surface area contributed by atoms with E-state index in [0.717, 1.165) is 40.4 Å². The van der Waals surface area contributed by atoms with Crippen molar-refractivity contribution in [1.29, 1.82) is 0 Å². The van der Waals surface area contributed by atoms with E-state index < -0.39 is 0 Å². The number of ketones is 1. The van der Waals surface area contributed by atoms with Gasteiger partial charge in [0, 0.05) is 29.1 Å². The van der Waals surface area contributed by atoms with Gasteiger partial charge in [0.05, 0.1) is 5.52 Å². The van der Waals surface area contributed by atoms with Crippen LogP contribution >= 0.6 is 0 Å². The monoisotopic (exact) mass is 273 g/mol. The molecule has 1 aliphatic rings. The smallest absolute Gasteiger partial charge is 0.163 e. The number of aromatic nitrogens is 1. The normalized spacial score (nSPS) is 14.2. The zero-order valence-electron chi connectivity index (χ0n) is 11.7. The van der Waals surface area contributed by atoms with E-state index in [1.807, 2.05) is 24.4 Å². The van der Waals surface area contributed by atoms with Gasteiger partial charge in [-0.05, 0) is 36.1 Å². The maximum absolute atomic E-state index is 12.1. The Bertz CT molecular complexity index is 846. The molecular weight excluding hydrogens is 258 g/mol. The third kappa shape index (κ3) is 2.04. The summed E-state index contributed by atoms with van der Waals surface area (Å²) < 4.78 is 0. The SMILES string of the molecule is O=C1CCCc2ccc(-c3cccc4cccnc34)cc21. The number of hydrogen-bond acceptors (Lipinski definition) is 2. The van der Waals surface area contributed by atoms with E-state index in [-0.39, 0.29) is 5.78 Å². The van der Waals surface area contributed by atoms with Crippen LogP contribution < -0.4 is 0 Å². The molecule has 1 heterocycles. The molecule has 0 saturated heterocycles. The second kappa shape index (κ2) is 4.81. The van der Waals surface area contributed by atoms with Crippen molar-refractivity contribution in [1.82, 2.24) is 4.98 Å². The Balaban J connectivity index is 1.93. The number of nitrogens with zero attached hydrogens (tertiary/aromatic N) is 1. The van der Waals surface area contributed by atoms with Crippen LogP contribution in [0.2, 0.25) is 0 Å². The molecule has 2 nitrogen and oxygen atoms in total. The van der Waals surface area contributed by atoms with Gasteiger partial charge in [0.1, 0.15) is 0 Å². The number of benzene rings is 2. The van der Waals surface area contributed by atoms with Gasteiger partial charge in [0.2, 0.25) is 0 Å². The van der Waals surface area contributed by atoms with Crippen LogP contribution in [0.25, 0.3) is 22.0 Å². The van der Waals surface area contributed by atoms with Gasteiger partial charge >= 0.3 is 0 Å². The first-order valence-electron chi connectivity index (χ1n) is 7.33. The molecule has 0 atom stereocenters. The number of hydrogen-bond donors (Lipinski definition) is 0. The number of fused-ring (bicyclic) bond motifs is 2. The summed E-state index contributed by atoms with van der Waals surface area (Å²) in [6, 6.07) is 16.4. The highest BCUT2D eigenvalue weighted by molar-refractivity contribution is 6.01. The minimum absolute atomic E-state index is 0.270. The first-order chi connectivity index (χ1) is 10.3. The molecule has 0 unspecified atom stereocenters. The molecule has 102 valence electrons. The molecule has 0 spiro atoms. The summed E-state index contributed by atoms with van der Waals surface area (Å²) in [6.45, 7) is 0. The van der Waals surface area contributed by atoms with Crippen molar-refractivity contribution in [2.45, 2.75) is 19.3 Å². The van der Waals surface area contributed by atoms with Gasteiger partial charge < -0.3 is 0 Å². The molecule has 1 aromatic heterocycles. The summed E-state index contributed by atoms with van der Waals surface area (Å²) >= 11 is 0. The Hall–Kier alpha value is -2.48. The lowest BCUT2D eigenvalue weighted by Crippen LogP contribution is -2.10. The summed E-state index contributed by atoms with van der Waals surface area (Å²) in [5, 5.41) is 1.12. The standard InChI is InChI=1S/C19H15NO/c21-18-8-2-4-13-9-10-15(12-17(13)18)16-7-1-5-14-6-3-11-20-19(14)16/h1,3,5-7,9-12H,2,4,8H2. The van der Waals surface area contributed by atoms with Gasteiger partial charge in [0.25, 0.3) is 0 Å². The van der Waals surface area contributed by atoms with Crippen molar-refractivity contribution in [3.8, 4) is 11.1 Å². The van der Waals surface area contributed by atoms with E-state index in [9.17, 15) is 4.79 Å². The Labute approximate surface area is 123 Å². The minimum Gasteiger partial charge on any atom is -0.294 e. The molecule has 0 saturated carbocycles. The van der Waals surface area contributed by atoms with Crippen LogP contribution in [0.4, 0.5) is 0 Å². The lowest BCUT2D eigenvalue weighted by atomic mass is 9.88. The second-order valence-electron chi connectivity index (χ2n) is 5.53. The fourth-order valence-corrected chi connectivity index (χ4v) is 3.13. The zero-order chi connectivity index (χ0) is 14.2. The van der Waals surface area contributed by atoms with Gasteiger partial charge in [0.15, 0.2) is 5.78 Å². The number of carbonyl (C=O) groups is 1. The fourth-order valence-electron chi connectivity index (χ4n) is 3.13. The fraction of sp³-hybridized carbons (Fsp3) is 0.158. The average molecular weight is 273 g/mol. The van der Waals surface area contributed by atoms with E-state index in [1.165, 1.54) is 5.56 Å². The van der Waals surface area contributed by atoms with Crippen LogP contribution in [0.3, 0.4) is 0 Å². The Morgan fingerprint density at radius 1 is 0.905 bits per heavy atom. The van der Waals surface area contributed by atoms with Crippen LogP contribution in [0, 0.1) is 0 Å². The van der Waals surface area contributed by atoms with Crippen LogP contribution in [0.1, 0.15) is 28.8 Å². The van der Waals surface area contributed by atoms with Crippen LogP contribution in [0.5, 0.6) is 0 Å². The first-order valence-corrected chi connectivity index (χ1v) is 7.33. The Morgan fingerprint density at radius 2 is 1.81 bits per heavy atom. The first kappa shape index (κ1) is 12.3. The van der Waals surface area contributed by atoms with E-state index in [2.05, 4.69) is 35.3 Å². The molecule has 0 bridgehead atoms. The number of pyridine rings is 1. The summed E-state index contributed by atoms with van der Waals surface area (Å²) in [5.74, 6) is 0.270. The van der Waals surface area contributed by atoms with Gasteiger partial charge in [-0.2, -0.15) is 0 Å². The van der Waals surface area contributed by atoms with E-state index in [4.69, 9.17) is 0 Å². The largest absolute Gasteiger partial charge is 0.294 e. The molecule has 3 aromatic rings. The van der Waals surface area contributed by atoms with Crippen LogP contribution in [-0.2, 0) is 6.42 Å². The van der Waals surface area contributed by atoms with Gasteiger partial charge in [-0.15, -0.1) is 0 Å². The molecule has 0 amide bonds. The van der Waals surface area contributed by atoms with Crippen molar-refractivity contribution < 1.29 is 4.79 Å². The lowest BCUT2D eigenvalue weighted by molar-refractivity contribution is 0.0972. The number of rotatable bonds is 1. The molecule has 1 aliphatic carbocycles. The number of carbonyl (C=O) groups excluding carboxylic acids is 1. The highest BCUT2D eigenvalue weighted by atomic mass is 16.1. The van der Waals surface area contributed by atoms with E-state index >= 15 is 0 Å². The number of aryl methyl sites for hydroxylation is 1. The van der Waals surface area contributed by atoms with Crippen LogP contribution in [0.15, 0.2) is 54.7 Å². The molecule has 21 heavy (non-hydrogen) atoms. The maximum atomic E-state index is 12.1. The average Bonchev–Trinajstić information content (AvgIpc) is 2.54. The summed E-state index contributed by atoms with van der Waals surface area (Å²) in [6.07, 6.45) is 4.47. The van der Waals surface area contributed by atoms with Gasteiger partial charge in [-0.3, -0.25) is 9.78 Å². The molecule has 2 aromatic carbocycles. The highest BCUT2D eigenvalue weighted by Crippen LogP contribution is 2.31. The Kier molecular flexibility index (Phi) is 2.81. The number of Topliss-reactive ketones (excluding diaryl/α,β-unsaturated/α-hetero) is 1. The minimum atomic E-state index is 0.270. The molecule has 0 N–H and O–H groups in total.